The molecule has 1 aromatic carbocycles. The summed E-state index contributed by atoms with van der Waals surface area (Å²) in [7, 11) is 0. The monoisotopic (exact) mass is 273 g/mol. The molecular formula is C15H19N3O2. The van der Waals surface area contributed by atoms with Gasteiger partial charge in [-0.2, -0.15) is 0 Å². The van der Waals surface area contributed by atoms with Crippen LogP contribution >= 0.6 is 0 Å². The third-order valence-corrected chi connectivity index (χ3v) is 2.86. The molecule has 5 heteroatoms. The lowest BCUT2D eigenvalue weighted by Crippen LogP contribution is -2.25. The number of hydrogen-bond donors (Lipinski definition) is 3. The number of anilines is 1. The molecule has 0 aliphatic carbocycles. The topological polar surface area (TPSA) is 80.3 Å². The number of nitrogens with one attached hydrogen (secondary N) is 2. The first-order chi connectivity index (χ1) is 9.79. The number of carbonyl (C=O) groups is 1. The molecule has 20 heavy (non-hydrogen) atoms. The van der Waals surface area contributed by atoms with E-state index in [2.05, 4.69) is 10.6 Å². The highest BCUT2D eigenvalue weighted by Gasteiger charge is 2.08. The Kier molecular flexibility index (Phi) is 5.20. The molecule has 1 heterocycles. The maximum absolute atomic E-state index is 11.8. The molecule has 0 bridgehead atoms. The van der Waals surface area contributed by atoms with Crippen LogP contribution in [0.3, 0.4) is 0 Å². The molecule has 0 saturated carbocycles. The van der Waals surface area contributed by atoms with Crippen LogP contribution in [0.2, 0.25) is 0 Å². The summed E-state index contributed by atoms with van der Waals surface area (Å²) in [6, 6.07) is 11.6. The van der Waals surface area contributed by atoms with Crippen LogP contribution in [-0.2, 0) is 6.54 Å². The fourth-order valence-corrected chi connectivity index (χ4v) is 1.79. The molecule has 1 amide bonds. The number of hydrogen-bond acceptors (Lipinski definition) is 4. The summed E-state index contributed by atoms with van der Waals surface area (Å²) in [4.78, 5) is 11.8. The Morgan fingerprint density at radius 2 is 2.00 bits per heavy atom. The predicted molar refractivity (Wildman–Crippen MR) is 78.5 cm³/mol. The molecular weight excluding hydrogens is 254 g/mol. The average molecular weight is 273 g/mol. The average Bonchev–Trinajstić information content (AvgIpc) is 2.97. The largest absolute Gasteiger partial charge is 0.467 e. The minimum atomic E-state index is -0.131. The second-order valence-corrected chi connectivity index (χ2v) is 4.41. The molecule has 106 valence electrons. The van der Waals surface area contributed by atoms with Gasteiger partial charge >= 0.3 is 0 Å². The number of rotatable bonds is 7. The fourth-order valence-electron chi connectivity index (χ4n) is 1.79. The van der Waals surface area contributed by atoms with Gasteiger partial charge in [-0.1, -0.05) is 18.2 Å². The summed E-state index contributed by atoms with van der Waals surface area (Å²) in [5, 5.41) is 6.13. The van der Waals surface area contributed by atoms with E-state index < -0.39 is 0 Å². The zero-order chi connectivity index (χ0) is 14.2. The minimum Gasteiger partial charge on any atom is -0.467 e. The first-order valence-electron chi connectivity index (χ1n) is 6.64. The van der Waals surface area contributed by atoms with Crippen LogP contribution in [0.5, 0.6) is 0 Å². The smallest absolute Gasteiger partial charge is 0.254 e. The second-order valence-electron chi connectivity index (χ2n) is 4.41. The van der Waals surface area contributed by atoms with Crippen molar-refractivity contribution >= 4 is 11.6 Å². The zero-order valence-corrected chi connectivity index (χ0v) is 11.3. The summed E-state index contributed by atoms with van der Waals surface area (Å²) in [5.41, 5.74) is 7.02. The summed E-state index contributed by atoms with van der Waals surface area (Å²) >= 11 is 0. The molecule has 0 aliphatic rings. The highest BCUT2D eigenvalue weighted by Crippen LogP contribution is 2.07. The third-order valence-electron chi connectivity index (χ3n) is 2.86. The molecule has 4 N–H and O–H groups in total. The van der Waals surface area contributed by atoms with E-state index in [1.165, 1.54) is 6.26 Å². The van der Waals surface area contributed by atoms with Gasteiger partial charge in [0.25, 0.3) is 5.91 Å². The molecule has 2 rings (SSSR count). The summed E-state index contributed by atoms with van der Waals surface area (Å²) in [6.45, 7) is 1.72. The van der Waals surface area contributed by atoms with Gasteiger partial charge in [0.2, 0.25) is 0 Å². The van der Waals surface area contributed by atoms with E-state index in [9.17, 15) is 4.79 Å². The van der Waals surface area contributed by atoms with Gasteiger partial charge in [-0.05, 0) is 24.6 Å². The molecule has 0 fully saturated rings. The van der Waals surface area contributed by atoms with E-state index in [1.54, 1.807) is 6.07 Å². The van der Waals surface area contributed by atoms with Crippen molar-refractivity contribution < 1.29 is 9.21 Å². The minimum absolute atomic E-state index is 0.131. The van der Waals surface area contributed by atoms with Crippen LogP contribution in [-0.4, -0.2) is 19.0 Å². The molecule has 0 spiro atoms. The van der Waals surface area contributed by atoms with Crippen LogP contribution in [0.25, 0.3) is 0 Å². The Hall–Kier alpha value is -2.27. The lowest BCUT2D eigenvalue weighted by molar-refractivity contribution is 0.0953. The molecule has 0 atom stereocenters. The number of nitrogens with two attached hydrogens (primary N) is 1. The molecule has 0 aliphatic heterocycles. The molecule has 5 nitrogen and oxygen atoms in total. The van der Waals surface area contributed by atoms with Crippen LogP contribution in [0.1, 0.15) is 22.5 Å². The van der Waals surface area contributed by atoms with E-state index in [0.717, 1.165) is 18.7 Å². The van der Waals surface area contributed by atoms with Crippen molar-refractivity contribution in [3.63, 3.8) is 0 Å². The van der Waals surface area contributed by atoms with Gasteiger partial charge in [-0.3, -0.25) is 4.79 Å². The lowest BCUT2D eigenvalue weighted by atomic mass is 10.3. The Bertz CT molecular complexity index is 537. The Morgan fingerprint density at radius 1 is 1.20 bits per heavy atom. The van der Waals surface area contributed by atoms with E-state index in [4.69, 9.17) is 10.2 Å². The number of carbonyl (C=O) groups excluding carboxylic acids is 1. The standard InChI is InChI=1S/C15H19N3O2/c16-10-14-9-12(11-20-14)15(19)18-8-4-7-17-13-5-2-1-3-6-13/h1-3,5-6,9,11,17H,4,7-8,10,16H2,(H,18,19). The molecule has 2 aromatic rings. The van der Waals surface area contributed by atoms with Crippen molar-refractivity contribution in [1.82, 2.24) is 5.32 Å². The van der Waals surface area contributed by atoms with Gasteiger partial charge in [0.05, 0.1) is 12.1 Å². The Labute approximate surface area is 118 Å². The summed E-state index contributed by atoms with van der Waals surface area (Å²) < 4.78 is 5.12. The summed E-state index contributed by atoms with van der Waals surface area (Å²) in [6.07, 6.45) is 2.28. The fraction of sp³-hybridized carbons (Fsp3) is 0.267. The van der Waals surface area contributed by atoms with Gasteiger partial charge in [0, 0.05) is 18.8 Å². The van der Waals surface area contributed by atoms with Gasteiger partial charge in [0.15, 0.2) is 0 Å². The maximum atomic E-state index is 11.8. The van der Waals surface area contributed by atoms with Crippen LogP contribution in [0, 0.1) is 0 Å². The number of amides is 1. The number of benzene rings is 1. The van der Waals surface area contributed by atoms with Crippen molar-refractivity contribution in [1.29, 1.82) is 0 Å². The van der Waals surface area contributed by atoms with Gasteiger partial charge in [-0.25, -0.2) is 0 Å². The summed E-state index contributed by atoms with van der Waals surface area (Å²) in [5.74, 6) is 0.481. The number of para-hydroxylation sites is 1. The molecule has 0 radical (unpaired) electrons. The van der Waals surface area contributed by atoms with E-state index in [-0.39, 0.29) is 5.91 Å². The van der Waals surface area contributed by atoms with Gasteiger partial charge in [-0.15, -0.1) is 0 Å². The highest BCUT2D eigenvalue weighted by molar-refractivity contribution is 5.93. The third kappa shape index (κ3) is 4.13. The van der Waals surface area contributed by atoms with Crippen molar-refractivity contribution in [2.24, 2.45) is 5.73 Å². The van der Waals surface area contributed by atoms with Crippen molar-refractivity contribution in [2.75, 3.05) is 18.4 Å². The van der Waals surface area contributed by atoms with Crippen LogP contribution < -0.4 is 16.4 Å². The molecule has 0 saturated heterocycles. The quantitative estimate of drug-likeness (QED) is 0.674. The molecule has 0 unspecified atom stereocenters. The second kappa shape index (κ2) is 7.35. The van der Waals surface area contributed by atoms with E-state index in [0.29, 0.717) is 24.4 Å². The van der Waals surface area contributed by atoms with E-state index in [1.807, 2.05) is 30.3 Å². The SMILES string of the molecule is NCc1cc(C(=O)NCCCNc2ccccc2)co1. The van der Waals surface area contributed by atoms with Crippen molar-refractivity contribution in [3.05, 3.63) is 54.0 Å². The zero-order valence-electron chi connectivity index (χ0n) is 11.3. The number of furan rings is 1. The highest BCUT2D eigenvalue weighted by atomic mass is 16.3. The predicted octanol–water partition coefficient (Wildman–Crippen LogP) is 1.97. The van der Waals surface area contributed by atoms with Crippen molar-refractivity contribution in [3.8, 4) is 0 Å². The Morgan fingerprint density at radius 3 is 2.70 bits per heavy atom. The first-order valence-corrected chi connectivity index (χ1v) is 6.64. The first kappa shape index (κ1) is 14.1. The van der Waals surface area contributed by atoms with Crippen LogP contribution in [0.4, 0.5) is 5.69 Å². The lowest BCUT2D eigenvalue weighted by Gasteiger charge is -2.06. The molecule has 1 aromatic heterocycles. The maximum Gasteiger partial charge on any atom is 0.254 e. The van der Waals surface area contributed by atoms with Crippen LogP contribution in [0.15, 0.2) is 47.1 Å². The van der Waals surface area contributed by atoms with Crippen molar-refractivity contribution in [2.45, 2.75) is 13.0 Å². The van der Waals surface area contributed by atoms with Gasteiger partial charge in [0.1, 0.15) is 12.0 Å². The van der Waals surface area contributed by atoms with E-state index >= 15 is 0 Å². The Balaban J connectivity index is 1.64. The normalized spacial score (nSPS) is 10.2. The van der Waals surface area contributed by atoms with Gasteiger partial charge < -0.3 is 20.8 Å².